The van der Waals surface area contributed by atoms with Crippen molar-refractivity contribution in [1.82, 2.24) is 0 Å². The lowest BCUT2D eigenvalue weighted by atomic mass is 10.1. The van der Waals surface area contributed by atoms with Crippen molar-refractivity contribution >= 4 is 61.4 Å². The van der Waals surface area contributed by atoms with Crippen LogP contribution in [0.4, 0.5) is 10.0 Å². The van der Waals surface area contributed by atoms with E-state index in [2.05, 4.69) is 43.6 Å². The Balaban J connectivity index is 1.51. The number of thioether (sulfide) groups is 1. The molecule has 2 fully saturated rings. The van der Waals surface area contributed by atoms with E-state index in [0.717, 1.165) is 57.8 Å². The number of nitrogens with zero attached hydrogens (tertiary/aromatic N) is 4. The Bertz CT molecular complexity index is 965. The van der Waals surface area contributed by atoms with Gasteiger partial charge in [-0.1, -0.05) is 0 Å². The Labute approximate surface area is 195 Å². The van der Waals surface area contributed by atoms with Gasteiger partial charge in [0.2, 0.25) is 0 Å². The Hall–Kier alpha value is -1.65. The van der Waals surface area contributed by atoms with Crippen molar-refractivity contribution in [3.63, 3.8) is 0 Å². The molecule has 9 heteroatoms. The van der Waals surface area contributed by atoms with Gasteiger partial charge in [-0.25, -0.2) is 0 Å². The van der Waals surface area contributed by atoms with Crippen LogP contribution < -0.4 is 9.80 Å². The predicted molar refractivity (Wildman–Crippen MR) is 134 cm³/mol. The van der Waals surface area contributed by atoms with Gasteiger partial charge in [-0.15, -0.1) is 22.7 Å². The number of hydrogen-bond acceptors (Lipinski definition) is 7. The van der Waals surface area contributed by atoms with Crippen LogP contribution in [-0.2, 0) is 9.47 Å². The molecule has 0 saturated carbocycles. The molecule has 0 aromatic carbocycles. The van der Waals surface area contributed by atoms with Gasteiger partial charge in [-0.2, -0.15) is 0 Å². The molecule has 2 aromatic heterocycles. The fourth-order valence-electron chi connectivity index (χ4n) is 3.78. The molecule has 31 heavy (non-hydrogen) atoms. The van der Waals surface area contributed by atoms with Crippen molar-refractivity contribution < 1.29 is 14.0 Å². The first kappa shape index (κ1) is 21.2. The minimum absolute atomic E-state index is 0.804. The molecule has 0 spiro atoms. The summed E-state index contributed by atoms with van der Waals surface area (Å²) in [6, 6.07) is 9.06. The van der Waals surface area contributed by atoms with Gasteiger partial charge in [0.15, 0.2) is 6.21 Å². The third-order valence-electron chi connectivity index (χ3n) is 5.44. The zero-order valence-corrected chi connectivity index (χ0v) is 20.3. The summed E-state index contributed by atoms with van der Waals surface area (Å²) in [7, 11) is 4.09. The van der Waals surface area contributed by atoms with Gasteiger partial charge in [-0.3, -0.25) is 4.58 Å². The standard InChI is InChI=1S/C22H27N4O2S3/c1-24(2)22-23-15-18(31-22)21(16-3-5-19(29-16)25-7-11-27-12-8-25)17-4-6-20(30-17)26-9-13-28-14-10-26/h3-6,15H,7-14H2,1-2H3/q+1. The number of thiophene rings is 2. The van der Waals surface area contributed by atoms with Crippen molar-refractivity contribution in [3.05, 3.63) is 38.9 Å². The lowest BCUT2D eigenvalue weighted by Gasteiger charge is -2.27. The summed E-state index contributed by atoms with van der Waals surface area (Å²) in [6.45, 7) is 7.05. The van der Waals surface area contributed by atoms with Crippen molar-refractivity contribution in [3.8, 4) is 0 Å². The average Bonchev–Trinajstić information content (AvgIpc) is 3.57. The van der Waals surface area contributed by atoms with E-state index < -0.39 is 0 Å². The third kappa shape index (κ3) is 4.61. The third-order valence-corrected chi connectivity index (χ3v) is 8.95. The predicted octanol–water partition coefficient (Wildman–Crippen LogP) is 3.69. The van der Waals surface area contributed by atoms with Crippen LogP contribution in [0.5, 0.6) is 0 Å². The van der Waals surface area contributed by atoms with E-state index in [1.807, 2.05) is 43.0 Å². The minimum Gasteiger partial charge on any atom is -0.378 e. The zero-order chi connectivity index (χ0) is 21.2. The first-order valence-corrected chi connectivity index (χ1v) is 13.0. The number of amidine groups is 1. The summed E-state index contributed by atoms with van der Waals surface area (Å²) in [6.07, 6.45) is 2.03. The second kappa shape index (κ2) is 9.46. The molecule has 0 amide bonds. The summed E-state index contributed by atoms with van der Waals surface area (Å²) < 4.78 is 13.1. The van der Waals surface area contributed by atoms with Crippen LogP contribution in [-0.4, -0.2) is 82.7 Å². The van der Waals surface area contributed by atoms with Crippen LogP contribution in [0.15, 0.2) is 34.2 Å². The Morgan fingerprint density at radius 3 is 1.81 bits per heavy atom. The van der Waals surface area contributed by atoms with E-state index in [1.54, 1.807) is 11.8 Å². The van der Waals surface area contributed by atoms with Crippen molar-refractivity contribution in [1.29, 1.82) is 0 Å². The lowest BCUT2D eigenvalue weighted by molar-refractivity contribution is -0.462. The highest BCUT2D eigenvalue weighted by atomic mass is 32.2. The van der Waals surface area contributed by atoms with Gasteiger partial charge in [-0.05, 0) is 29.3 Å². The summed E-state index contributed by atoms with van der Waals surface area (Å²) in [5.74, 6) is 0. The summed E-state index contributed by atoms with van der Waals surface area (Å²) in [5, 5.41) is 3.67. The van der Waals surface area contributed by atoms with Crippen molar-refractivity contribution in [2.75, 3.05) is 76.5 Å². The molecule has 0 bridgehead atoms. The summed E-state index contributed by atoms with van der Waals surface area (Å²) in [5.41, 5.74) is 1.29. The molecule has 0 atom stereocenters. The minimum atomic E-state index is 0.804. The number of rotatable bonds is 4. The van der Waals surface area contributed by atoms with Crippen LogP contribution in [0.2, 0.25) is 0 Å². The highest BCUT2D eigenvalue weighted by molar-refractivity contribution is 8.18. The topological polar surface area (TPSA) is 40.3 Å². The second-order valence-electron chi connectivity index (χ2n) is 7.75. The molecule has 0 radical (unpaired) electrons. The molecule has 0 unspecified atom stereocenters. The van der Waals surface area contributed by atoms with E-state index in [-0.39, 0.29) is 0 Å². The van der Waals surface area contributed by atoms with E-state index in [0.29, 0.717) is 0 Å². The van der Waals surface area contributed by atoms with Gasteiger partial charge in [0.25, 0.3) is 0 Å². The largest absolute Gasteiger partial charge is 0.378 e. The molecule has 5 heterocycles. The van der Waals surface area contributed by atoms with Crippen LogP contribution in [0.25, 0.3) is 5.57 Å². The molecule has 5 rings (SSSR count). The average molecular weight is 476 g/mol. The number of anilines is 2. The Morgan fingerprint density at radius 1 is 0.839 bits per heavy atom. The molecule has 2 saturated heterocycles. The maximum atomic E-state index is 5.53. The second-order valence-corrected chi connectivity index (χ2v) is 10.9. The molecular weight excluding hydrogens is 448 g/mol. The highest BCUT2D eigenvalue weighted by Crippen LogP contribution is 2.43. The molecule has 3 aliphatic rings. The maximum Gasteiger partial charge on any atom is 0.359 e. The first-order chi connectivity index (χ1) is 15.2. The molecule has 2 aromatic rings. The van der Waals surface area contributed by atoms with E-state index in [1.165, 1.54) is 30.2 Å². The molecule has 0 N–H and O–H groups in total. The SMILES string of the molecule is C[N+](C)=C1N=CC(=C(c2ccc(N3CCOCC3)s2)c2ccc(N3CCOCC3)s2)S1. The summed E-state index contributed by atoms with van der Waals surface area (Å²) in [4.78, 5) is 13.3. The van der Waals surface area contributed by atoms with Crippen LogP contribution in [0.3, 0.4) is 0 Å². The number of aliphatic imine (C=N–C) groups is 1. The zero-order valence-electron chi connectivity index (χ0n) is 17.9. The number of ether oxygens (including phenoxy) is 2. The molecule has 3 aliphatic heterocycles. The van der Waals surface area contributed by atoms with Gasteiger partial charge in [0, 0.05) is 53.3 Å². The lowest BCUT2D eigenvalue weighted by Crippen LogP contribution is -2.35. The Morgan fingerprint density at radius 2 is 1.35 bits per heavy atom. The van der Waals surface area contributed by atoms with Gasteiger partial charge in [0.05, 0.1) is 55.4 Å². The van der Waals surface area contributed by atoms with E-state index in [4.69, 9.17) is 9.47 Å². The quantitative estimate of drug-likeness (QED) is 0.631. The first-order valence-electron chi connectivity index (χ1n) is 10.6. The Kier molecular flexibility index (Phi) is 6.47. The molecule has 164 valence electrons. The molecular formula is C22H27N4O2S3+. The normalized spacial score (nSPS) is 19.4. The highest BCUT2D eigenvalue weighted by Gasteiger charge is 2.27. The smallest absolute Gasteiger partial charge is 0.359 e. The van der Waals surface area contributed by atoms with Gasteiger partial charge in [0.1, 0.15) is 0 Å². The number of allylic oxidation sites excluding steroid dienone is 1. The fourth-order valence-corrected chi connectivity index (χ4v) is 7.15. The number of morpholine rings is 2. The van der Waals surface area contributed by atoms with E-state index >= 15 is 0 Å². The monoisotopic (exact) mass is 475 g/mol. The van der Waals surface area contributed by atoms with Crippen LogP contribution >= 0.6 is 34.4 Å². The van der Waals surface area contributed by atoms with Crippen LogP contribution in [0.1, 0.15) is 9.75 Å². The molecule has 0 aliphatic carbocycles. The summed E-state index contributed by atoms with van der Waals surface area (Å²) >= 11 is 5.50. The van der Waals surface area contributed by atoms with Crippen LogP contribution in [0, 0.1) is 0 Å². The van der Waals surface area contributed by atoms with Gasteiger partial charge < -0.3 is 19.3 Å². The maximum absolute atomic E-state index is 5.53. The number of hydrogen-bond donors (Lipinski definition) is 0. The van der Waals surface area contributed by atoms with E-state index in [9.17, 15) is 0 Å². The fraction of sp³-hybridized carbons (Fsp3) is 0.455. The van der Waals surface area contributed by atoms with Crippen molar-refractivity contribution in [2.45, 2.75) is 0 Å². The van der Waals surface area contributed by atoms with Crippen molar-refractivity contribution in [2.24, 2.45) is 4.99 Å². The van der Waals surface area contributed by atoms with Gasteiger partial charge >= 0.3 is 5.17 Å². The molecule has 6 nitrogen and oxygen atoms in total.